The number of aliphatic hydroxyl groups excluding tert-OH is 1. The number of likely N-dealkylation sites (tertiary alicyclic amines) is 1. The zero-order valence-corrected chi connectivity index (χ0v) is 18.4. The van der Waals surface area contributed by atoms with Gasteiger partial charge in [0, 0.05) is 11.5 Å². The first-order valence-electron chi connectivity index (χ1n) is 10.6. The third-order valence-corrected chi connectivity index (χ3v) is 8.26. The van der Waals surface area contributed by atoms with Crippen molar-refractivity contribution in [2.75, 3.05) is 17.5 Å². The van der Waals surface area contributed by atoms with Gasteiger partial charge in [0.2, 0.25) is 0 Å². The zero-order chi connectivity index (χ0) is 22.5. The van der Waals surface area contributed by atoms with E-state index in [9.17, 15) is 18.3 Å². The summed E-state index contributed by atoms with van der Waals surface area (Å²) >= 11 is 0. The van der Waals surface area contributed by atoms with Gasteiger partial charge in [-0.3, -0.25) is 9.10 Å². The highest BCUT2D eigenvalue weighted by Crippen LogP contribution is 2.49. The fraction of sp³-hybridized carbons (Fsp3) is 0.240. The highest BCUT2D eigenvalue weighted by molar-refractivity contribution is 7.92. The van der Waals surface area contributed by atoms with Crippen LogP contribution in [-0.2, 0) is 10.0 Å². The largest absolute Gasteiger partial charge is 0.394 e. The number of para-hydroxylation sites is 1. The molecule has 3 atom stereocenters. The van der Waals surface area contributed by atoms with Crippen LogP contribution >= 0.6 is 0 Å². The summed E-state index contributed by atoms with van der Waals surface area (Å²) < 4.78 is 28.7. The van der Waals surface area contributed by atoms with E-state index in [-0.39, 0.29) is 35.9 Å². The molecule has 7 heteroatoms. The zero-order valence-electron chi connectivity index (χ0n) is 17.6. The lowest BCUT2D eigenvalue weighted by atomic mass is 9.72. The second-order valence-corrected chi connectivity index (χ2v) is 10.2. The maximum atomic E-state index is 13.6. The Balaban J connectivity index is 1.58. The molecule has 0 spiro atoms. The first-order valence-corrected chi connectivity index (χ1v) is 12.0. The van der Waals surface area contributed by atoms with E-state index in [1.165, 1.54) is 4.31 Å². The van der Waals surface area contributed by atoms with Crippen LogP contribution in [0.2, 0.25) is 0 Å². The molecule has 1 amide bonds. The molecule has 0 radical (unpaired) electrons. The number of benzene rings is 3. The monoisotopic (exact) mass is 448 g/mol. The normalized spacial score (nSPS) is 22.0. The summed E-state index contributed by atoms with van der Waals surface area (Å²) in [6, 6.07) is 22.4. The minimum Gasteiger partial charge on any atom is -0.394 e. The smallest absolute Gasteiger partial charge is 0.264 e. The Morgan fingerprint density at radius 2 is 1.72 bits per heavy atom. The predicted octanol–water partition coefficient (Wildman–Crippen LogP) is 3.17. The maximum absolute atomic E-state index is 13.6. The number of sulfonamides is 1. The molecule has 2 aliphatic heterocycles. The standard InChI is InChI=1S/C25H24N2O4S/c1-17-8-7-11-19(14-17)32(30,31)26-15-22-24(20-12-5-6-13-21(20)26)23(16-28)27(22)25(29)18-9-3-2-4-10-18/h2-14,22-24,28H,15-16H2,1H3/t22-,23+,24+/m1/s1. The predicted molar refractivity (Wildman–Crippen MR) is 122 cm³/mol. The van der Waals surface area contributed by atoms with Crippen molar-refractivity contribution in [2.24, 2.45) is 0 Å². The van der Waals surface area contributed by atoms with E-state index in [4.69, 9.17) is 0 Å². The molecule has 1 fully saturated rings. The minimum atomic E-state index is -3.83. The van der Waals surface area contributed by atoms with Gasteiger partial charge < -0.3 is 10.0 Å². The van der Waals surface area contributed by atoms with Crippen molar-refractivity contribution < 1.29 is 18.3 Å². The molecule has 32 heavy (non-hydrogen) atoms. The molecule has 2 aliphatic rings. The number of anilines is 1. The fourth-order valence-corrected chi connectivity index (χ4v) is 6.60. The van der Waals surface area contributed by atoms with E-state index < -0.39 is 16.1 Å². The highest BCUT2D eigenvalue weighted by Gasteiger charge is 2.56. The Morgan fingerprint density at radius 1 is 1.00 bits per heavy atom. The van der Waals surface area contributed by atoms with Gasteiger partial charge in [0.1, 0.15) is 0 Å². The Kier molecular flexibility index (Phi) is 5.03. The van der Waals surface area contributed by atoms with E-state index in [2.05, 4.69) is 0 Å². The Bertz CT molecular complexity index is 1280. The molecule has 3 aromatic carbocycles. The summed E-state index contributed by atoms with van der Waals surface area (Å²) in [6.45, 7) is 1.82. The summed E-state index contributed by atoms with van der Waals surface area (Å²) in [5.74, 6) is -0.314. The van der Waals surface area contributed by atoms with Crippen molar-refractivity contribution >= 4 is 21.6 Å². The number of aryl methyl sites for hydroxylation is 1. The number of rotatable bonds is 4. The third kappa shape index (κ3) is 3.12. The first kappa shape index (κ1) is 20.7. The average molecular weight is 449 g/mol. The molecule has 164 valence electrons. The molecule has 0 bridgehead atoms. The Hall–Kier alpha value is -3.16. The van der Waals surface area contributed by atoms with Crippen LogP contribution in [0.1, 0.15) is 27.4 Å². The molecule has 0 aromatic heterocycles. The molecule has 0 unspecified atom stereocenters. The molecule has 3 aromatic rings. The Labute approximate surface area is 187 Å². The van der Waals surface area contributed by atoms with Crippen molar-refractivity contribution in [1.29, 1.82) is 0 Å². The van der Waals surface area contributed by atoms with Crippen LogP contribution < -0.4 is 4.31 Å². The first-order chi connectivity index (χ1) is 15.4. The summed E-state index contributed by atoms with van der Waals surface area (Å²) in [5.41, 5.74) is 2.84. The molecule has 0 aliphatic carbocycles. The van der Waals surface area contributed by atoms with Gasteiger partial charge in [-0.2, -0.15) is 0 Å². The molecule has 0 saturated carbocycles. The van der Waals surface area contributed by atoms with Crippen molar-refractivity contribution in [3.8, 4) is 0 Å². The number of nitrogens with zero attached hydrogens (tertiary/aromatic N) is 2. The number of hydrogen-bond donors (Lipinski definition) is 1. The number of hydrogen-bond acceptors (Lipinski definition) is 4. The van der Waals surface area contributed by atoms with Crippen molar-refractivity contribution in [3.63, 3.8) is 0 Å². The van der Waals surface area contributed by atoms with Gasteiger partial charge in [0.05, 0.1) is 35.8 Å². The second-order valence-electron chi connectivity index (χ2n) is 8.33. The number of carbonyl (C=O) groups excluding carboxylic acids is 1. The van der Waals surface area contributed by atoms with Crippen LogP contribution in [0.15, 0.2) is 83.8 Å². The van der Waals surface area contributed by atoms with Crippen LogP contribution in [0.4, 0.5) is 5.69 Å². The lowest BCUT2D eigenvalue weighted by Gasteiger charge is -2.58. The summed E-state index contributed by atoms with van der Waals surface area (Å²) in [6.07, 6.45) is 0. The Morgan fingerprint density at radius 3 is 2.44 bits per heavy atom. The lowest BCUT2D eigenvalue weighted by molar-refractivity contribution is -0.0235. The molecule has 1 N–H and O–H groups in total. The number of aliphatic hydroxyl groups is 1. The fourth-order valence-electron chi connectivity index (χ4n) is 4.99. The van der Waals surface area contributed by atoms with Crippen molar-refractivity contribution in [2.45, 2.75) is 29.8 Å². The highest BCUT2D eigenvalue weighted by atomic mass is 32.2. The summed E-state index contributed by atoms with van der Waals surface area (Å²) in [5, 5.41) is 10.1. The quantitative estimate of drug-likeness (QED) is 0.665. The van der Waals surface area contributed by atoms with Crippen molar-refractivity contribution in [1.82, 2.24) is 4.90 Å². The van der Waals surface area contributed by atoms with Gasteiger partial charge >= 0.3 is 0 Å². The van der Waals surface area contributed by atoms with Gasteiger partial charge in [0.15, 0.2) is 0 Å². The van der Waals surface area contributed by atoms with E-state index >= 15 is 0 Å². The lowest BCUT2D eigenvalue weighted by Crippen LogP contribution is -2.70. The van der Waals surface area contributed by atoms with E-state index in [0.717, 1.165) is 11.1 Å². The van der Waals surface area contributed by atoms with Gasteiger partial charge in [0.25, 0.3) is 15.9 Å². The summed E-state index contributed by atoms with van der Waals surface area (Å²) in [4.78, 5) is 15.2. The molecular weight excluding hydrogens is 424 g/mol. The number of amides is 1. The van der Waals surface area contributed by atoms with Crippen LogP contribution in [0.3, 0.4) is 0 Å². The average Bonchev–Trinajstić information content (AvgIpc) is 2.79. The molecular formula is C25H24N2O4S. The molecule has 2 heterocycles. The maximum Gasteiger partial charge on any atom is 0.264 e. The van der Waals surface area contributed by atoms with Gasteiger partial charge in [-0.25, -0.2) is 8.42 Å². The second kappa shape index (κ2) is 7.76. The van der Waals surface area contributed by atoms with E-state index in [1.54, 1.807) is 53.4 Å². The SMILES string of the molecule is Cc1cccc(S(=O)(=O)N2C[C@@H]3[C@H](c4ccccc42)[C@H](CO)N3C(=O)c2ccccc2)c1. The molecule has 5 rings (SSSR count). The number of carbonyl (C=O) groups is 1. The van der Waals surface area contributed by atoms with Gasteiger partial charge in [-0.15, -0.1) is 0 Å². The van der Waals surface area contributed by atoms with Crippen LogP contribution in [-0.4, -0.2) is 49.6 Å². The van der Waals surface area contributed by atoms with E-state index in [1.807, 2.05) is 37.3 Å². The topological polar surface area (TPSA) is 77.9 Å². The van der Waals surface area contributed by atoms with Gasteiger partial charge in [-0.1, -0.05) is 48.5 Å². The summed E-state index contributed by atoms with van der Waals surface area (Å²) in [7, 11) is -3.83. The number of fused-ring (bicyclic) bond motifs is 3. The minimum absolute atomic E-state index is 0.118. The van der Waals surface area contributed by atoms with Crippen LogP contribution in [0, 0.1) is 6.92 Å². The van der Waals surface area contributed by atoms with Gasteiger partial charge in [-0.05, 0) is 48.4 Å². The van der Waals surface area contributed by atoms with Crippen LogP contribution in [0.5, 0.6) is 0 Å². The molecule has 1 saturated heterocycles. The third-order valence-electron chi connectivity index (χ3n) is 6.48. The molecule has 6 nitrogen and oxygen atoms in total. The van der Waals surface area contributed by atoms with E-state index in [0.29, 0.717) is 11.3 Å². The van der Waals surface area contributed by atoms with Crippen molar-refractivity contribution in [3.05, 3.63) is 95.6 Å². The van der Waals surface area contributed by atoms with Crippen LogP contribution in [0.25, 0.3) is 0 Å².